The van der Waals surface area contributed by atoms with Gasteiger partial charge >= 0.3 is 0 Å². The van der Waals surface area contributed by atoms with Crippen LogP contribution in [0.2, 0.25) is 0 Å². The summed E-state index contributed by atoms with van der Waals surface area (Å²) in [7, 11) is 1.80. The average molecular weight is 206 g/mol. The number of nitrogens with two attached hydrogens (primary N) is 1. The van der Waals surface area contributed by atoms with E-state index < -0.39 is 0 Å². The summed E-state index contributed by atoms with van der Waals surface area (Å²) in [5, 5.41) is 4.22. The Morgan fingerprint density at radius 3 is 2.93 bits per heavy atom. The van der Waals surface area contributed by atoms with Gasteiger partial charge in [0.2, 0.25) is 0 Å². The van der Waals surface area contributed by atoms with Gasteiger partial charge in [-0.1, -0.05) is 0 Å². The van der Waals surface area contributed by atoms with Crippen LogP contribution in [0, 0.1) is 5.82 Å². The van der Waals surface area contributed by atoms with Crippen molar-refractivity contribution in [2.75, 3.05) is 0 Å². The second-order valence-corrected chi connectivity index (χ2v) is 3.27. The molecule has 0 aromatic carbocycles. The first-order chi connectivity index (χ1) is 7.20. The van der Waals surface area contributed by atoms with E-state index in [0.717, 1.165) is 11.8 Å². The Morgan fingerprint density at radius 1 is 1.47 bits per heavy atom. The van der Waals surface area contributed by atoms with E-state index in [2.05, 4.69) is 10.1 Å². The molecule has 5 heteroatoms. The van der Waals surface area contributed by atoms with Crippen molar-refractivity contribution >= 4 is 0 Å². The van der Waals surface area contributed by atoms with Gasteiger partial charge in [-0.25, -0.2) is 4.39 Å². The van der Waals surface area contributed by atoms with Crippen molar-refractivity contribution in [3.8, 4) is 11.3 Å². The Kier molecular flexibility index (Phi) is 2.47. The molecule has 4 nitrogen and oxygen atoms in total. The van der Waals surface area contributed by atoms with Crippen molar-refractivity contribution in [1.82, 2.24) is 14.8 Å². The first kappa shape index (κ1) is 9.79. The van der Waals surface area contributed by atoms with Gasteiger partial charge in [-0.15, -0.1) is 0 Å². The molecule has 15 heavy (non-hydrogen) atoms. The van der Waals surface area contributed by atoms with Gasteiger partial charge in [0, 0.05) is 37.1 Å². The van der Waals surface area contributed by atoms with E-state index in [1.807, 2.05) is 6.20 Å². The van der Waals surface area contributed by atoms with Crippen molar-refractivity contribution < 1.29 is 4.39 Å². The smallest absolute Gasteiger partial charge is 0.142 e. The van der Waals surface area contributed by atoms with Gasteiger partial charge < -0.3 is 5.73 Å². The summed E-state index contributed by atoms with van der Waals surface area (Å²) in [4.78, 5) is 3.78. The number of hydrogen-bond donors (Lipinski definition) is 1. The lowest BCUT2D eigenvalue weighted by molar-refractivity contribution is 0.622. The van der Waals surface area contributed by atoms with E-state index in [9.17, 15) is 4.39 Å². The van der Waals surface area contributed by atoms with Gasteiger partial charge in [-0.3, -0.25) is 9.67 Å². The van der Waals surface area contributed by atoms with E-state index in [1.54, 1.807) is 17.9 Å². The van der Waals surface area contributed by atoms with Crippen LogP contribution in [-0.4, -0.2) is 14.8 Å². The summed E-state index contributed by atoms with van der Waals surface area (Å²) in [5.41, 5.74) is 7.79. The fourth-order valence-corrected chi connectivity index (χ4v) is 1.47. The first-order valence-electron chi connectivity index (χ1n) is 4.54. The van der Waals surface area contributed by atoms with E-state index in [0.29, 0.717) is 17.8 Å². The molecule has 0 aliphatic rings. The number of rotatable bonds is 2. The fourth-order valence-electron chi connectivity index (χ4n) is 1.47. The third kappa shape index (κ3) is 1.87. The molecule has 78 valence electrons. The van der Waals surface area contributed by atoms with E-state index in [4.69, 9.17) is 5.73 Å². The molecule has 0 saturated heterocycles. The van der Waals surface area contributed by atoms with Crippen LogP contribution in [0.15, 0.2) is 24.7 Å². The Morgan fingerprint density at radius 2 is 2.27 bits per heavy atom. The van der Waals surface area contributed by atoms with Crippen LogP contribution in [0.5, 0.6) is 0 Å². The highest BCUT2D eigenvalue weighted by molar-refractivity contribution is 5.61. The van der Waals surface area contributed by atoms with Gasteiger partial charge in [0.1, 0.15) is 5.82 Å². The molecule has 0 bridgehead atoms. The van der Waals surface area contributed by atoms with E-state index in [1.165, 1.54) is 6.07 Å². The molecule has 0 aliphatic heterocycles. The van der Waals surface area contributed by atoms with Crippen LogP contribution < -0.4 is 5.73 Å². The minimum Gasteiger partial charge on any atom is -0.326 e. The summed E-state index contributed by atoms with van der Waals surface area (Å²) in [5.74, 6) is -0.374. The second kappa shape index (κ2) is 3.78. The average Bonchev–Trinajstić information content (AvgIpc) is 2.59. The third-order valence-electron chi connectivity index (χ3n) is 2.10. The number of aromatic nitrogens is 3. The molecule has 0 fully saturated rings. The van der Waals surface area contributed by atoms with Gasteiger partial charge in [0.05, 0.1) is 11.9 Å². The van der Waals surface area contributed by atoms with Crippen LogP contribution in [0.4, 0.5) is 4.39 Å². The first-order valence-corrected chi connectivity index (χ1v) is 4.54. The number of aryl methyl sites for hydroxylation is 1. The second-order valence-electron chi connectivity index (χ2n) is 3.27. The van der Waals surface area contributed by atoms with Gasteiger partial charge in [-0.2, -0.15) is 5.10 Å². The summed E-state index contributed by atoms with van der Waals surface area (Å²) in [6.07, 6.45) is 4.55. The molecule has 0 aliphatic carbocycles. The fraction of sp³-hybridized carbons (Fsp3) is 0.200. The van der Waals surface area contributed by atoms with Crippen LogP contribution in [0.1, 0.15) is 5.56 Å². The van der Waals surface area contributed by atoms with Crippen LogP contribution in [0.25, 0.3) is 11.3 Å². The number of halogens is 1. The quantitative estimate of drug-likeness (QED) is 0.799. The van der Waals surface area contributed by atoms with Crippen LogP contribution >= 0.6 is 0 Å². The Balaban J connectivity index is 2.53. The number of hydrogen-bond acceptors (Lipinski definition) is 3. The molecule has 0 saturated carbocycles. The van der Waals surface area contributed by atoms with Crippen molar-refractivity contribution in [3.63, 3.8) is 0 Å². The molecular weight excluding hydrogens is 195 g/mol. The molecule has 0 atom stereocenters. The number of nitrogens with zero attached hydrogens (tertiary/aromatic N) is 3. The minimum absolute atomic E-state index is 0.374. The Hall–Kier alpha value is -1.75. The molecular formula is C10H11FN4. The number of pyridine rings is 1. The standard InChI is InChI=1S/C10H11FN4/c1-15-6-8(3-12)10(14-15)7-2-9(11)5-13-4-7/h2,4-6H,3,12H2,1H3. The van der Waals surface area contributed by atoms with Crippen molar-refractivity contribution in [3.05, 3.63) is 36.0 Å². The summed E-state index contributed by atoms with van der Waals surface area (Å²) < 4.78 is 14.6. The zero-order valence-corrected chi connectivity index (χ0v) is 8.31. The topological polar surface area (TPSA) is 56.7 Å². The normalized spacial score (nSPS) is 10.6. The molecule has 2 aromatic heterocycles. The van der Waals surface area contributed by atoms with Crippen molar-refractivity contribution in [2.24, 2.45) is 12.8 Å². The third-order valence-corrected chi connectivity index (χ3v) is 2.10. The maximum absolute atomic E-state index is 13.0. The van der Waals surface area contributed by atoms with E-state index >= 15 is 0 Å². The molecule has 0 unspecified atom stereocenters. The molecule has 2 rings (SSSR count). The zero-order valence-electron chi connectivity index (χ0n) is 8.31. The maximum atomic E-state index is 13.0. The monoisotopic (exact) mass is 206 g/mol. The summed E-state index contributed by atoms with van der Waals surface area (Å²) in [6, 6.07) is 1.40. The molecule has 2 heterocycles. The van der Waals surface area contributed by atoms with Gasteiger partial charge in [0.15, 0.2) is 0 Å². The van der Waals surface area contributed by atoms with Crippen LogP contribution in [0.3, 0.4) is 0 Å². The molecule has 0 amide bonds. The lowest BCUT2D eigenvalue weighted by Crippen LogP contribution is -1.97. The minimum atomic E-state index is -0.374. The lowest BCUT2D eigenvalue weighted by atomic mass is 10.1. The van der Waals surface area contributed by atoms with Crippen molar-refractivity contribution in [2.45, 2.75) is 6.54 Å². The summed E-state index contributed by atoms with van der Waals surface area (Å²) >= 11 is 0. The predicted octanol–water partition coefficient (Wildman–Crippen LogP) is 1.08. The largest absolute Gasteiger partial charge is 0.326 e. The van der Waals surface area contributed by atoms with Gasteiger partial charge in [0.25, 0.3) is 0 Å². The highest BCUT2D eigenvalue weighted by Gasteiger charge is 2.09. The molecule has 0 spiro atoms. The zero-order chi connectivity index (χ0) is 10.8. The van der Waals surface area contributed by atoms with Gasteiger partial charge in [-0.05, 0) is 6.07 Å². The molecule has 2 N–H and O–H groups in total. The predicted molar refractivity (Wildman–Crippen MR) is 54.3 cm³/mol. The van der Waals surface area contributed by atoms with Crippen molar-refractivity contribution in [1.29, 1.82) is 0 Å². The molecule has 2 aromatic rings. The highest BCUT2D eigenvalue weighted by Crippen LogP contribution is 2.20. The lowest BCUT2D eigenvalue weighted by Gasteiger charge is -1.98. The Bertz CT molecular complexity index is 478. The SMILES string of the molecule is Cn1cc(CN)c(-c2cncc(F)c2)n1. The maximum Gasteiger partial charge on any atom is 0.142 e. The van der Waals surface area contributed by atoms with E-state index in [-0.39, 0.29) is 5.82 Å². The van der Waals surface area contributed by atoms with Crippen LogP contribution in [-0.2, 0) is 13.6 Å². The highest BCUT2D eigenvalue weighted by atomic mass is 19.1. The summed E-state index contributed by atoms with van der Waals surface area (Å²) in [6.45, 7) is 0.375. The molecule has 0 radical (unpaired) electrons. The Labute approximate surface area is 86.6 Å².